The van der Waals surface area contributed by atoms with Gasteiger partial charge in [0, 0.05) is 5.56 Å². The summed E-state index contributed by atoms with van der Waals surface area (Å²) in [5.74, 6) is 0.958. The second-order valence-electron chi connectivity index (χ2n) is 5.60. The SMILES string of the molecule is CCNC(c1cccc(C)c1)c1c(C)cc(C)cc1OC. The molecule has 0 heterocycles. The van der Waals surface area contributed by atoms with Crippen LogP contribution in [0.2, 0.25) is 0 Å². The van der Waals surface area contributed by atoms with E-state index in [1.54, 1.807) is 7.11 Å². The normalized spacial score (nSPS) is 12.2. The van der Waals surface area contributed by atoms with Crippen molar-refractivity contribution in [2.45, 2.75) is 33.7 Å². The highest BCUT2D eigenvalue weighted by Gasteiger charge is 2.20. The van der Waals surface area contributed by atoms with Gasteiger partial charge in [-0.2, -0.15) is 0 Å². The maximum atomic E-state index is 5.65. The molecule has 1 atom stereocenters. The summed E-state index contributed by atoms with van der Waals surface area (Å²) in [7, 11) is 1.75. The third-order valence-electron chi connectivity index (χ3n) is 3.79. The molecule has 2 heteroatoms. The molecule has 0 bridgehead atoms. The van der Waals surface area contributed by atoms with Crippen LogP contribution < -0.4 is 10.1 Å². The van der Waals surface area contributed by atoms with Crippen LogP contribution in [-0.4, -0.2) is 13.7 Å². The summed E-state index contributed by atoms with van der Waals surface area (Å²) in [6.45, 7) is 9.44. The quantitative estimate of drug-likeness (QED) is 0.882. The average Bonchev–Trinajstić information content (AvgIpc) is 2.44. The lowest BCUT2D eigenvalue weighted by atomic mass is 9.92. The molecule has 0 aliphatic carbocycles. The molecule has 2 nitrogen and oxygen atoms in total. The van der Waals surface area contributed by atoms with Crippen LogP contribution in [-0.2, 0) is 0 Å². The molecule has 0 saturated carbocycles. The maximum absolute atomic E-state index is 5.65. The van der Waals surface area contributed by atoms with Gasteiger partial charge in [0.05, 0.1) is 13.2 Å². The van der Waals surface area contributed by atoms with Gasteiger partial charge in [-0.15, -0.1) is 0 Å². The van der Waals surface area contributed by atoms with E-state index in [1.165, 1.54) is 27.8 Å². The van der Waals surface area contributed by atoms with Crippen molar-refractivity contribution < 1.29 is 4.74 Å². The average molecular weight is 283 g/mol. The van der Waals surface area contributed by atoms with Gasteiger partial charge < -0.3 is 10.1 Å². The number of aryl methyl sites for hydroxylation is 3. The Kier molecular flexibility index (Phi) is 5.03. The molecule has 21 heavy (non-hydrogen) atoms. The Balaban J connectivity index is 2.58. The molecule has 2 aromatic carbocycles. The summed E-state index contributed by atoms with van der Waals surface area (Å²) in [6.07, 6.45) is 0. The third-order valence-corrected chi connectivity index (χ3v) is 3.79. The van der Waals surface area contributed by atoms with E-state index in [0.29, 0.717) is 0 Å². The van der Waals surface area contributed by atoms with Gasteiger partial charge in [-0.3, -0.25) is 0 Å². The number of ether oxygens (including phenoxy) is 1. The highest BCUT2D eigenvalue weighted by Crippen LogP contribution is 2.34. The number of hydrogen-bond acceptors (Lipinski definition) is 2. The molecule has 0 amide bonds. The number of benzene rings is 2. The number of hydrogen-bond donors (Lipinski definition) is 1. The predicted molar refractivity (Wildman–Crippen MR) is 89.2 cm³/mol. The van der Waals surface area contributed by atoms with Crippen molar-refractivity contribution in [2.24, 2.45) is 0 Å². The van der Waals surface area contributed by atoms with E-state index >= 15 is 0 Å². The Morgan fingerprint density at radius 1 is 1.05 bits per heavy atom. The summed E-state index contributed by atoms with van der Waals surface area (Å²) in [6, 6.07) is 13.2. The zero-order valence-corrected chi connectivity index (χ0v) is 13.7. The molecule has 112 valence electrons. The van der Waals surface area contributed by atoms with Gasteiger partial charge in [-0.05, 0) is 50.1 Å². The molecule has 1 N–H and O–H groups in total. The van der Waals surface area contributed by atoms with Crippen LogP contribution in [0.5, 0.6) is 5.75 Å². The van der Waals surface area contributed by atoms with Gasteiger partial charge in [-0.1, -0.05) is 42.8 Å². The highest BCUT2D eigenvalue weighted by molar-refractivity contribution is 5.49. The second kappa shape index (κ2) is 6.77. The largest absolute Gasteiger partial charge is 0.496 e. The Bertz CT molecular complexity index is 619. The molecule has 0 aromatic heterocycles. The van der Waals surface area contributed by atoms with Crippen molar-refractivity contribution in [1.29, 1.82) is 0 Å². The van der Waals surface area contributed by atoms with Crippen LogP contribution >= 0.6 is 0 Å². The van der Waals surface area contributed by atoms with E-state index in [9.17, 15) is 0 Å². The molecular weight excluding hydrogens is 258 g/mol. The van der Waals surface area contributed by atoms with Gasteiger partial charge in [0.1, 0.15) is 5.75 Å². The molecule has 0 spiro atoms. The van der Waals surface area contributed by atoms with Gasteiger partial charge >= 0.3 is 0 Å². The van der Waals surface area contributed by atoms with Gasteiger partial charge in [-0.25, -0.2) is 0 Å². The van der Waals surface area contributed by atoms with Crippen LogP contribution in [0.15, 0.2) is 36.4 Å². The van der Waals surface area contributed by atoms with Crippen molar-refractivity contribution in [2.75, 3.05) is 13.7 Å². The van der Waals surface area contributed by atoms with E-state index in [1.807, 2.05) is 0 Å². The first-order chi connectivity index (χ1) is 10.1. The van der Waals surface area contributed by atoms with Crippen LogP contribution in [0.4, 0.5) is 0 Å². The zero-order chi connectivity index (χ0) is 15.4. The molecule has 0 fully saturated rings. The third kappa shape index (κ3) is 3.45. The molecular formula is C19H25NO. The lowest BCUT2D eigenvalue weighted by Crippen LogP contribution is -2.23. The Labute approximate surface area is 128 Å². The summed E-state index contributed by atoms with van der Waals surface area (Å²) >= 11 is 0. The minimum absolute atomic E-state index is 0.158. The molecule has 0 saturated heterocycles. The Morgan fingerprint density at radius 3 is 2.43 bits per heavy atom. The van der Waals surface area contributed by atoms with Crippen molar-refractivity contribution >= 4 is 0 Å². The molecule has 0 aliphatic heterocycles. The summed E-state index contributed by atoms with van der Waals surface area (Å²) < 4.78 is 5.65. The summed E-state index contributed by atoms with van der Waals surface area (Å²) in [4.78, 5) is 0. The fraction of sp³-hybridized carbons (Fsp3) is 0.368. The van der Waals surface area contributed by atoms with Gasteiger partial charge in [0.15, 0.2) is 0 Å². The number of rotatable bonds is 5. The minimum Gasteiger partial charge on any atom is -0.496 e. The topological polar surface area (TPSA) is 21.3 Å². The summed E-state index contributed by atoms with van der Waals surface area (Å²) in [5, 5.41) is 3.60. The smallest absolute Gasteiger partial charge is 0.124 e. The minimum atomic E-state index is 0.158. The molecule has 1 unspecified atom stereocenters. The van der Waals surface area contributed by atoms with Crippen LogP contribution in [0, 0.1) is 20.8 Å². The first-order valence-corrected chi connectivity index (χ1v) is 7.52. The van der Waals surface area contributed by atoms with E-state index in [4.69, 9.17) is 4.74 Å². The fourth-order valence-electron chi connectivity index (χ4n) is 2.92. The standard InChI is InChI=1S/C19H25NO/c1-6-20-19(16-9-7-8-13(2)11-16)18-15(4)10-14(3)12-17(18)21-5/h7-12,19-20H,6H2,1-5H3. The first kappa shape index (κ1) is 15.6. The van der Waals surface area contributed by atoms with Crippen LogP contribution in [0.1, 0.15) is 40.8 Å². The lowest BCUT2D eigenvalue weighted by Gasteiger charge is -2.24. The molecule has 2 rings (SSSR count). The van der Waals surface area contributed by atoms with Crippen LogP contribution in [0.25, 0.3) is 0 Å². The lowest BCUT2D eigenvalue weighted by molar-refractivity contribution is 0.403. The molecule has 2 aromatic rings. The molecule has 0 radical (unpaired) electrons. The second-order valence-corrected chi connectivity index (χ2v) is 5.60. The van der Waals surface area contributed by atoms with Gasteiger partial charge in [0.2, 0.25) is 0 Å². The highest BCUT2D eigenvalue weighted by atomic mass is 16.5. The Morgan fingerprint density at radius 2 is 1.81 bits per heavy atom. The fourth-order valence-corrected chi connectivity index (χ4v) is 2.92. The summed E-state index contributed by atoms with van der Waals surface area (Å²) in [5.41, 5.74) is 6.28. The number of methoxy groups -OCH3 is 1. The number of nitrogens with one attached hydrogen (secondary N) is 1. The Hall–Kier alpha value is -1.80. The van der Waals surface area contributed by atoms with E-state index < -0.39 is 0 Å². The van der Waals surface area contributed by atoms with Gasteiger partial charge in [0.25, 0.3) is 0 Å². The van der Waals surface area contributed by atoms with Crippen molar-refractivity contribution in [3.05, 3.63) is 64.2 Å². The molecule has 0 aliphatic rings. The predicted octanol–water partition coefficient (Wildman–Crippen LogP) is 4.32. The van der Waals surface area contributed by atoms with E-state index in [-0.39, 0.29) is 6.04 Å². The first-order valence-electron chi connectivity index (χ1n) is 7.52. The van der Waals surface area contributed by atoms with Crippen molar-refractivity contribution in [3.8, 4) is 5.75 Å². The maximum Gasteiger partial charge on any atom is 0.124 e. The van der Waals surface area contributed by atoms with E-state index in [0.717, 1.165) is 12.3 Å². The van der Waals surface area contributed by atoms with E-state index in [2.05, 4.69) is 69.4 Å². The zero-order valence-electron chi connectivity index (χ0n) is 13.7. The van der Waals surface area contributed by atoms with Crippen molar-refractivity contribution in [1.82, 2.24) is 5.32 Å². The van der Waals surface area contributed by atoms with Crippen LogP contribution in [0.3, 0.4) is 0 Å². The van der Waals surface area contributed by atoms with Crippen molar-refractivity contribution in [3.63, 3.8) is 0 Å². The monoisotopic (exact) mass is 283 g/mol.